The van der Waals surface area contributed by atoms with Crippen molar-refractivity contribution in [1.29, 1.82) is 0 Å². The molecule has 0 saturated carbocycles. The highest BCUT2D eigenvalue weighted by Crippen LogP contribution is 2.23. The molecule has 152 valence electrons. The van der Waals surface area contributed by atoms with Gasteiger partial charge in [0.2, 0.25) is 0 Å². The lowest BCUT2D eigenvalue weighted by molar-refractivity contribution is -0.114. The van der Waals surface area contributed by atoms with E-state index in [0.29, 0.717) is 22.4 Å². The molecule has 1 amide bonds. The second-order valence-electron chi connectivity index (χ2n) is 6.27. The number of benzene rings is 2. The van der Waals surface area contributed by atoms with Crippen molar-refractivity contribution in [3.8, 4) is 0 Å². The molecule has 2 rings (SSSR count). The monoisotopic (exact) mass is 397 g/mol. The van der Waals surface area contributed by atoms with Gasteiger partial charge in [0.05, 0.1) is 5.71 Å². The molecule has 1 N–H and O–H groups in total. The summed E-state index contributed by atoms with van der Waals surface area (Å²) >= 11 is 0. The molecule has 2 aromatic carbocycles. The molecule has 0 radical (unpaired) electrons. The summed E-state index contributed by atoms with van der Waals surface area (Å²) < 4.78 is 13.4. The van der Waals surface area contributed by atoms with Gasteiger partial charge in [-0.05, 0) is 31.5 Å². The largest absolute Gasteiger partial charge is 0.398 e. The Labute approximate surface area is 169 Å². The van der Waals surface area contributed by atoms with Gasteiger partial charge in [-0.25, -0.2) is 4.39 Å². The third kappa shape index (κ3) is 5.51. The number of nitrogens with zero attached hydrogens (tertiary/aromatic N) is 2. The van der Waals surface area contributed by atoms with Crippen molar-refractivity contribution in [2.45, 2.75) is 20.5 Å². The number of hydrogen-bond acceptors (Lipinski definition) is 5. The van der Waals surface area contributed by atoms with E-state index < -0.39 is 5.91 Å². The van der Waals surface area contributed by atoms with Gasteiger partial charge in [-0.2, -0.15) is 0 Å². The van der Waals surface area contributed by atoms with Crippen molar-refractivity contribution in [2.75, 3.05) is 14.2 Å². The lowest BCUT2D eigenvalue weighted by Gasteiger charge is -2.15. The van der Waals surface area contributed by atoms with Gasteiger partial charge in [-0.1, -0.05) is 52.8 Å². The predicted octanol–water partition coefficient (Wildman–Crippen LogP) is 3.90. The third-order valence-corrected chi connectivity index (χ3v) is 4.17. The van der Waals surface area contributed by atoms with Crippen LogP contribution in [0, 0.1) is 5.82 Å². The molecule has 0 saturated heterocycles. The Bertz CT molecular complexity index is 968. The Hall–Kier alpha value is -3.48. The number of rotatable bonds is 8. The number of likely N-dealkylation sites (N-methyl/N-ethyl adjacent to an activating group) is 1. The van der Waals surface area contributed by atoms with Gasteiger partial charge in [-0.3, -0.25) is 4.79 Å². The molecule has 0 unspecified atom stereocenters. The lowest BCUT2D eigenvalue weighted by atomic mass is 9.94. The molecular formula is C22H24FN3O3. The minimum Gasteiger partial charge on any atom is -0.398 e. The maximum absolute atomic E-state index is 13.4. The molecule has 2 aromatic rings. The summed E-state index contributed by atoms with van der Waals surface area (Å²) in [7, 11) is 2.88. The quantitative estimate of drug-likeness (QED) is 0.542. The summed E-state index contributed by atoms with van der Waals surface area (Å²) in [5.41, 5.74) is 4.10. The van der Waals surface area contributed by atoms with Gasteiger partial charge in [0.15, 0.2) is 5.71 Å². The number of amides is 1. The van der Waals surface area contributed by atoms with Crippen LogP contribution in [0.15, 0.2) is 59.4 Å². The van der Waals surface area contributed by atoms with Crippen LogP contribution in [0.25, 0.3) is 5.57 Å². The van der Waals surface area contributed by atoms with Gasteiger partial charge in [-0.15, -0.1) is 0 Å². The van der Waals surface area contributed by atoms with Crippen LogP contribution in [0.4, 0.5) is 4.39 Å². The van der Waals surface area contributed by atoms with Crippen LogP contribution in [0.3, 0.4) is 0 Å². The molecule has 0 heterocycles. The first-order valence-electron chi connectivity index (χ1n) is 8.92. The molecule has 0 aliphatic carbocycles. The van der Waals surface area contributed by atoms with Crippen LogP contribution in [0.1, 0.15) is 36.1 Å². The zero-order valence-electron chi connectivity index (χ0n) is 17.0. The van der Waals surface area contributed by atoms with E-state index in [0.717, 1.165) is 11.1 Å². The number of hydrogen-bond donors (Lipinski definition) is 1. The molecular weight excluding hydrogens is 373 g/mol. The highest BCUT2D eigenvalue weighted by atomic mass is 19.1. The van der Waals surface area contributed by atoms with Crippen LogP contribution in [-0.4, -0.2) is 31.5 Å². The summed E-state index contributed by atoms with van der Waals surface area (Å²) in [5, 5.41) is 10.5. The molecule has 7 heteroatoms. The standard InChI is InChI=1S/C22H24FN3O3/c1-14(2)18-10-7-11-19(21(26-28-5)22(27)24-4)20(18)13-29-25-15(3)16-8-6-9-17(23)12-16/h6-12H,1,13H2,2-5H3,(H,24,27)/b25-15+,26-21+. The van der Waals surface area contributed by atoms with E-state index >= 15 is 0 Å². The number of carbonyl (C=O) groups is 1. The number of allylic oxidation sites excluding steroid dienone is 1. The predicted molar refractivity (Wildman–Crippen MR) is 112 cm³/mol. The van der Waals surface area contributed by atoms with Crippen LogP contribution >= 0.6 is 0 Å². The fraction of sp³-hybridized carbons (Fsp3) is 0.227. The average molecular weight is 397 g/mol. The van der Waals surface area contributed by atoms with E-state index in [1.54, 1.807) is 31.2 Å². The number of nitrogens with one attached hydrogen (secondary N) is 1. The maximum Gasteiger partial charge on any atom is 0.273 e. The first-order valence-corrected chi connectivity index (χ1v) is 8.92. The molecule has 0 atom stereocenters. The second-order valence-corrected chi connectivity index (χ2v) is 6.27. The highest BCUT2D eigenvalue weighted by molar-refractivity contribution is 6.45. The van der Waals surface area contributed by atoms with Gasteiger partial charge < -0.3 is 15.0 Å². The Kier molecular flexibility index (Phi) is 7.65. The van der Waals surface area contributed by atoms with E-state index in [1.807, 2.05) is 13.0 Å². The van der Waals surface area contributed by atoms with Crippen molar-refractivity contribution in [3.63, 3.8) is 0 Å². The second kappa shape index (κ2) is 10.2. The number of halogens is 1. The van der Waals surface area contributed by atoms with E-state index in [1.165, 1.54) is 26.3 Å². The zero-order valence-corrected chi connectivity index (χ0v) is 17.0. The Balaban J connectivity index is 2.40. The summed E-state index contributed by atoms with van der Waals surface area (Å²) in [6.45, 7) is 7.64. The molecule has 0 spiro atoms. The maximum atomic E-state index is 13.4. The fourth-order valence-corrected chi connectivity index (χ4v) is 2.75. The summed E-state index contributed by atoms with van der Waals surface area (Å²) in [6.07, 6.45) is 0. The van der Waals surface area contributed by atoms with E-state index in [-0.39, 0.29) is 18.1 Å². The van der Waals surface area contributed by atoms with Crippen LogP contribution < -0.4 is 5.32 Å². The molecule has 0 aromatic heterocycles. The lowest BCUT2D eigenvalue weighted by Crippen LogP contribution is -2.29. The van der Waals surface area contributed by atoms with Gasteiger partial charge in [0.25, 0.3) is 5.91 Å². The number of oxime groups is 2. The molecule has 0 bridgehead atoms. The number of carbonyl (C=O) groups excluding carboxylic acids is 1. The normalized spacial score (nSPS) is 11.8. The zero-order chi connectivity index (χ0) is 21.4. The van der Waals surface area contributed by atoms with Crippen molar-refractivity contribution in [1.82, 2.24) is 5.32 Å². The fourth-order valence-electron chi connectivity index (χ4n) is 2.75. The van der Waals surface area contributed by atoms with E-state index in [2.05, 4.69) is 22.2 Å². The van der Waals surface area contributed by atoms with E-state index in [4.69, 9.17) is 9.68 Å². The van der Waals surface area contributed by atoms with Crippen LogP contribution in [0.2, 0.25) is 0 Å². The van der Waals surface area contributed by atoms with Crippen LogP contribution in [-0.2, 0) is 21.1 Å². The van der Waals surface area contributed by atoms with Gasteiger partial charge >= 0.3 is 0 Å². The first-order chi connectivity index (χ1) is 13.9. The average Bonchev–Trinajstić information content (AvgIpc) is 2.71. The Morgan fingerprint density at radius 2 is 1.83 bits per heavy atom. The summed E-state index contributed by atoms with van der Waals surface area (Å²) in [4.78, 5) is 22.7. The van der Waals surface area contributed by atoms with Crippen molar-refractivity contribution >= 4 is 22.9 Å². The Morgan fingerprint density at radius 3 is 2.45 bits per heavy atom. The minimum absolute atomic E-state index is 0.0603. The molecule has 6 nitrogen and oxygen atoms in total. The first kappa shape index (κ1) is 21.8. The van der Waals surface area contributed by atoms with Crippen LogP contribution in [0.5, 0.6) is 0 Å². The van der Waals surface area contributed by atoms with Crippen molar-refractivity contribution in [3.05, 3.63) is 77.1 Å². The Morgan fingerprint density at radius 1 is 1.14 bits per heavy atom. The summed E-state index contributed by atoms with van der Waals surface area (Å²) in [5.74, 6) is -0.746. The SMILES string of the molecule is C=C(C)c1cccc(/C(=N\OC)C(=O)NC)c1CO/N=C(\C)c1cccc(F)c1. The third-order valence-electron chi connectivity index (χ3n) is 4.17. The molecule has 0 aliphatic heterocycles. The minimum atomic E-state index is -0.397. The van der Waals surface area contributed by atoms with E-state index in [9.17, 15) is 9.18 Å². The van der Waals surface area contributed by atoms with Crippen molar-refractivity contribution in [2.24, 2.45) is 10.3 Å². The topological polar surface area (TPSA) is 72.3 Å². The molecule has 29 heavy (non-hydrogen) atoms. The van der Waals surface area contributed by atoms with Gasteiger partial charge in [0.1, 0.15) is 19.5 Å². The molecule has 0 aliphatic rings. The molecule has 0 fully saturated rings. The summed E-state index contributed by atoms with van der Waals surface area (Å²) in [6, 6.07) is 11.5. The smallest absolute Gasteiger partial charge is 0.273 e. The van der Waals surface area contributed by atoms with Gasteiger partial charge in [0, 0.05) is 23.7 Å². The highest BCUT2D eigenvalue weighted by Gasteiger charge is 2.20. The van der Waals surface area contributed by atoms with Crippen molar-refractivity contribution < 1.29 is 18.9 Å².